The van der Waals surface area contributed by atoms with Crippen molar-refractivity contribution >= 4 is 19.7 Å². The molecule has 1 rings (SSSR count). The van der Waals surface area contributed by atoms with Gasteiger partial charge >= 0.3 is 11.8 Å². The third-order valence-electron chi connectivity index (χ3n) is 2.18. The van der Waals surface area contributed by atoms with Crippen LogP contribution in [0.2, 0.25) is 0 Å². The smallest absolute Gasteiger partial charge is 0.407 e. The zero-order valence-electron chi connectivity index (χ0n) is 9.82. The molecule has 16 heavy (non-hydrogen) atoms. The van der Waals surface area contributed by atoms with Crippen LogP contribution in [0, 0.1) is 0 Å². The Hall–Kier alpha value is -0.830. The molecule has 1 heterocycles. The number of carboxylic acid groups (broad SMARTS) is 1. The van der Waals surface area contributed by atoms with Crippen molar-refractivity contribution in [3.05, 3.63) is 0 Å². The lowest BCUT2D eigenvalue weighted by atomic mass is 10.2. The summed E-state index contributed by atoms with van der Waals surface area (Å²) in [6.07, 6.45) is 1.52. The molecule has 0 aromatic carbocycles. The first kappa shape index (κ1) is 13.2. The van der Waals surface area contributed by atoms with Gasteiger partial charge in [0.15, 0.2) is 0 Å². The summed E-state index contributed by atoms with van der Waals surface area (Å²) in [6, 6.07) is -0.0444. The lowest BCUT2D eigenvalue weighted by Crippen LogP contribution is -2.39. The lowest BCUT2D eigenvalue weighted by Gasteiger charge is -2.21. The fourth-order valence-electron chi connectivity index (χ4n) is 1.53. The molecular weight excluding hydrogens is 229 g/mol. The van der Waals surface area contributed by atoms with Crippen molar-refractivity contribution < 1.29 is 19.4 Å². The standard InChI is InChI=1S/C10H18NO4P/c1-10(2,3)15-8(12)11-7-4-5-16(6-7)9(13)14/h7H,4-6H2,1-3H3,(H,11,12)(H,13,14). The summed E-state index contributed by atoms with van der Waals surface area (Å²) in [4.78, 5) is 22.2. The summed E-state index contributed by atoms with van der Waals surface area (Å²) in [6.45, 7) is 5.39. The van der Waals surface area contributed by atoms with E-state index in [1.54, 1.807) is 20.8 Å². The molecule has 1 aliphatic rings. The van der Waals surface area contributed by atoms with Crippen molar-refractivity contribution in [2.24, 2.45) is 0 Å². The van der Waals surface area contributed by atoms with Gasteiger partial charge in [-0.15, -0.1) is 0 Å². The largest absolute Gasteiger partial charge is 0.478 e. The maximum absolute atomic E-state index is 11.4. The van der Waals surface area contributed by atoms with Gasteiger partial charge in [0.05, 0.1) is 0 Å². The number of amides is 1. The Bertz CT molecular complexity index is 287. The molecule has 1 saturated heterocycles. The minimum Gasteiger partial charge on any atom is -0.478 e. The Balaban J connectivity index is 2.34. The summed E-state index contributed by atoms with van der Waals surface area (Å²) in [7, 11) is -0.961. The maximum atomic E-state index is 11.4. The maximum Gasteiger partial charge on any atom is 0.407 e. The highest BCUT2D eigenvalue weighted by atomic mass is 31.1. The van der Waals surface area contributed by atoms with E-state index in [-0.39, 0.29) is 6.04 Å². The molecule has 0 spiro atoms. The van der Waals surface area contributed by atoms with Gasteiger partial charge in [-0.1, -0.05) is 0 Å². The highest BCUT2D eigenvalue weighted by molar-refractivity contribution is 7.74. The van der Waals surface area contributed by atoms with E-state index in [2.05, 4.69) is 5.32 Å². The summed E-state index contributed by atoms with van der Waals surface area (Å²) in [5.74, 6) is 0. The van der Waals surface area contributed by atoms with Gasteiger partial charge in [0.25, 0.3) is 0 Å². The van der Waals surface area contributed by atoms with Crippen LogP contribution >= 0.6 is 7.92 Å². The van der Waals surface area contributed by atoms with E-state index in [4.69, 9.17) is 9.84 Å². The second-order valence-corrected chi connectivity index (χ2v) is 7.14. The van der Waals surface area contributed by atoms with Gasteiger partial charge < -0.3 is 15.2 Å². The molecule has 5 nitrogen and oxygen atoms in total. The first-order chi connectivity index (χ1) is 7.28. The first-order valence-electron chi connectivity index (χ1n) is 5.25. The predicted molar refractivity (Wildman–Crippen MR) is 62.5 cm³/mol. The topological polar surface area (TPSA) is 75.6 Å². The number of carbonyl (C=O) groups is 2. The van der Waals surface area contributed by atoms with Crippen molar-refractivity contribution in [1.82, 2.24) is 5.32 Å². The monoisotopic (exact) mass is 247 g/mol. The normalized spacial score (nSPS) is 25.2. The first-order valence-corrected chi connectivity index (χ1v) is 6.96. The number of rotatable bonds is 2. The minimum atomic E-state index is -0.961. The molecule has 6 heteroatoms. The van der Waals surface area contributed by atoms with Crippen molar-refractivity contribution in [2.75, 3.05) is 12.3 Å². The van der Waals surface area contributed by atoms with Crippen LogP contribution < -0.4 is 5.32 Å². The van der Waals surface area contributed by atoms with E-state index in [9.17, 15) is 9.59 Å². The molecule has 92 valence electrons. The van der Waals surface area contributed by atoms with Crippen LogP contribution in [0.4, 0.5) is 9.59 Å². The van der Waals surface area contributed by atoms with Crippen molar-refractivity contribution in [1.29, 1.82) is 0 Å². The Morgan fingerprint density at radius 3 is 2.50 bits per heavy atom. The molecule has 1 aliphatic heterocycles. The Labute approximate surface area is 96.3 Å². The fraction of sp³-hybridized carbons (Fsp3) is 0.800. The number of nitrogens with one attached hydrogen (secondary N) is 1. The Morgan fingerprint density at radius 1 is 1.44 bits per heavy atom. The number of alkyl carbamates (subject to hydrolysis) is 1. The van der Waals surface area contributed by atoms with Crippen LogP contribution in [0.25, 0.3) is 0 Å². The SMILES string of the molecule is CC(C)(C)OC(=O)NC1CCP(C(=O)O)C1. The average molecular weight is 247 g/mol. The van der Waals surface area contributed by atoms with Crippen LogP contribution in [-0.4, -0.2) is 40.9 Å². The second-order valence-electron chi connectivity index (χ2n) is 4.86. The molecule has 0 aliphatic carbocycles. The Kier molecular flexibility index (Phi) is 4.14. The quantitative estimate of drug-likeness (QED) is 0.735. The third kappa shape index (κ3) is 4.35. The number of ether oxygens (including phenoxy) is 1. The van der Waals surface area contributed by atoms with Crippen LogP contribution in [0.1, 0.15) is 27.2 Å². The second kappa shape index (κ2) is 5.00. The lowest BCUT2D eigenvalue weighted by molar-refractivity contribution is 0.0510. The zero-order valence-corrected chi connectivity index (χ0v) is 10.7. The van der Waals surface area contributed by atoms with Gasteiger partial charge in [-0.25, -0.2) is 9.59 Å². The molecule has 0 aromatic heterocycles. The molecular formula is C10H18NO4P. The molecule has 2 atom stereocenters. The van der Waals surface area contributed by atoms with Gasteiger partial charge in [0.2, 0.25) is 0 Å². The highest BCUT2D eigenvalue weighted by Crippen LogP contribution is 2.43. The number of hydrogen-bond donors (Lipinski definition) is 2. The van der Waals surface area contributed by atoms with Crippen LogP contribution in [-0.2, 0) is 4.74 Å². The molecule has 0 saturated carbocycles. The van der Waals surface area contributed by atoms with Gasteiger partial charge in [0.1, 0.15) is 5.60 Å². The molecule has 1 fully saturated rings. The van der Waals surface area contributed by atoms with Crippen LogP contribution in [0.5, 0.6) is 0 Å². The van der Waals surface area contributed by atoms with Gasteiger partial charge in [-0.3, -0.25) is 0 Å². The Morgan fingerprint density at radius 2 is 2.06 bits per heavy atom. The molecule has 0 radical (unpaired) electrons. The molecule has 2 N–H and O–H groups in total. The van der Waals surface area contributed by atoms with E-state index in [1.807, 2.05) is 0 Å². The van der Waals surface area contributed by atoms with E-state index in [0.29, 0.717) is 12.3 Å². The summed E-state index contributed by atoms with van der Waals surface area (Å²) in [5.41, 5.74) is -1.23. The summed E-state index contributed by atoms with van der Waals surface area (Å²) < 4.78 is 5.11. The molecule has 0 bridgehead atoms. The third-order valence-corrected chi connectivity index (χ3v) is 4.40. The predicted octanol–water partition coefficient (Wildman–Crippen LogP) is 2.44. The molecule has 2 unspecified atom stereocenters. The average Bonchev–Trinajstić information content (AvgIpc) is 2.48. The molecule has 0 aromatic rings. The van der Waals surface area contributed by atoms with Gasteiger partial charge in [0, 0.05) is 14.0 Å². The van der Waals surface area contributed by atoms with E-state index >= 15 is 0 Å². The van der Waals surface area contributed by atoms with E-state index in [1.165, 1.54) is 0 Å². The van der Waals surface area contributed by atoms with Crippen molar-refractivity contribution in [3.8, 4) is 0 Å². The van der Waals surface area contributed by atoms with Crippen LogP contribution in [0.3, 0.4) is 0 Å². The summed E-state index contributed by atoms with van der Waals surface area (Å²) in [5, 5.41) is 11.5. The number of hydrogen-bond acceptors (Lipinski definition) is 3. The highest BCUT2D eigenvalue weighted by Gasteiger charge is 2.31. The van der Waals surface area contributed by atoms with Crippen molar-refractivity contribution in [3.63, 3.8) is 0 Å². The minimum absolute atomic E-state index is 0.0444. The fourth-order valence-corrected chi connectivity index (χ4v) is 3.49. The van der Waals surface area contributed by atoms with Gasteiger partial charge in [-0.2, -0.15) is 0 Å². The number of carbonyl (C=O) groups excluding carboxylic acids is 1. The molecule has 1 amide bonds. The van der Waals surface area contributed by atoms with Gasteiger partial charge in [-0.05, 0) is 39.5 Å². The van der Waals surface area contributed by atoms with E-state index < -0.39 is 25.3 Å². The zero-order chi connectivity index (χ0) is 12.3. The van der Waals surface area contributed by atoms with Crippen LogP contribution in [0.15, 0.2) is 0 Å². The summed E-state index contributed by atoms with van der Waals surface area (Å²) >= 11 is 0. The van der Waals surface area contributed by atoms with E-state index in [0.717, 1.165) is 6.42 Å². The van der Waals surface area contributed by atoms with Crippen molar-refractivity contribution in [2.45, 2.75) is 38.8 Å².